The van der Waals surface area contributed by atoms with Gasteiger partial charge in [-0.1, -0.05) is 24.3 Å². The van der Waals surface area contributed by atoms with Crippen molar-refractivity contribution in [3.63, 3.8) is 0 Å². The van der Waals surface area contributed by atoms with Gasteiger partial charge in [0.05, 0.1) is 19.3 Å². The molecule has 0 radical (unpaired) electrons. The van der Waals surface area contributed by atoms with Gasteiger partial charge in [-0.25, -0.2) is 0 Å². The van der Waals surface area contributed by atoms with Crippen molar-refractivity contribution in [1.82, 2.24) is 4.90 Å². The van der Waals surface area contributed by atoms with Crippen molar-refractivity contribution in [3.8, 4) is 0 Å². The molecule has 0 saturated carbocycles. The van der Waals surface area contributed by atoms with Gasteiger partial charge in [0.1, 0.15) is 0 Å². The molecular weight excluding hydrogens is 212 g/mol. The van der Waals surface area contributed by atoms with Crippen LogP contribution in [-0.2, 0) is 11.2 Å². The molecular formula is C14H18N2O. The maximum atomic E-state index is 5.37. The summed E-state index contributed by atoms with van der Waals surface area (Å²) in [5.41, 5.74) is 2.71. The van der Waals surface area contributed by atoms with Crippen LogP contribution in [0.3, 0.4) is 0 Å². The first-order valence-corrected chi connectivity index (χ1v) is 6.33. The van der Waals surface area contributed by atoms with Crippen LogP contribution in [0, 0.1) is 0 Å². The number of fused-ring (bicyclic) bond motifs is 1. The van der Waals surface area contributed by atoms with Gasteiger partial charge in [0.15, 0.2) is 0 Å². The van der Waals surface area contributed by atoms with E-state index in [0.717, 1.165) is 39.3 Å². The highest BCUT2D eigenvalue weighted by Gasteiger charge is 2.19. The Kier molecular flexibility index (Phi) is 3.20. The Morgan fingerprint density at radius 3 is 2.94 bits per heavy atom. The molecule has 3 nitrogen and oxygen atoms in total. The molecule has 3 heteroatoms. The standard InChI is InChI=1S/C14H18N2O/c1-2-4-13-10-15-14(9-12(13)3-1)11-16-5-7-17-8-6-16/h1-4,10,14H,5-9,11H2/t14-/m0/s1. The lowest BCUT2D eigenvalue weighted by Gasteiger charge is -2.30. The second-order valence-corrected chi connectivity index (χ2v) is 4.75. The van der Waals surface area contributed by atoms with E-state index in [-0.39, 0.29) is 0 Å². The third-order valence-corrected chi connectivity index (χ3v) is 3.51. The largest absolute Gasteiger partial charge is 0.379 e. The summed E-state index contributed by atoms with van der Waals surface area (Å²) in [6, 6.07) is 8.97. The topological polar surface area (TPSA) is 24.8 Å². The lowest BCUT2D eigenvalue weighted by Crippen LogP contribution is -2.41. The fourth-order valence-electron chi connectivity index (χ4n) is 2.53. The van der Waals surface area contributed by atoms with Crippen LogP contribution in [0.5, 0.6) is 0 Å². The predicted octanol–water partition coefficient (Wildman–Crippen LogP) is 1.36. The minimum atomic E-state index is 0.419. The van der Waals surface area contributed by atoms with E-state index in [1.165, 1.54) is 11.1 Å². The third-order valence-electron chi connectivity index (χ3n) is 3.51. The highest BCUT2D eigenvalue weighted by Crippen LogP contribution is 2.16. The van der Waals surface area contributed by atoms with Gasteiger partial charge in [0.25, 0.3) is 0 Å². The van der Waals surface area contributed by atoms with E-state index in [0.29, 0.717) is 6.04 Å². The summed E-state index contributed by atoms with van der Waals surface area (Å²) in [5.74, 6) is 0. The van der Waals surface area contributed by atoms with Crippen LogP contribution in [0.15, 0.2) is 29.3 Å². The van der Waals surface area contributed by atoms with E-state index < -0.39 is 0 Å². The zero-order chi connectivity index (χ0) is 11.5. The number of morpholine rings is 1. The molecule has 2 heterocycles. The number of nitrogens with zero attached hydrogens (tertiary/aromatic N) is 2. The van der Waals surface area contributed by atoms with E-state index in [9.17, 15) is 0 Å². The predicted molar refractivity (Wildman–Crippen MR) is 68.8 cm³/mol. The molecule has 0 spiro atoms. The Hall–Kier alpha value is -1.19. The Bertz CT molecular complexity index is 410. The molecule has 0 aliphatic carbocycles. The smallest absolute Gasteiger partial charge is 0.0667 e. The van der Waals surface area contributed by atoms with E-state index in [4.69, 9.17) is 4.74 Å². The first-order chi connectivity index (χ1) is 8.42. The lowest BCUT2D eigenvalue weighted by atomic mass is 9.98. The van der Waals surface area contributed by atoms with Crippen molar-refractivity contribution in [3.05, 3.63) is 35.4 Å². The molecule has 1 atom stereocenters. The maximum Gasteiger partial charge on any atom is 0.0667 e. The van der Waals surface area contributed by atoms with Crippen molar-refractivity contribution >= 4 is 6.21 Å². The minimum absolute atomic E-state index is 0.419. The number of aliphatic imine (C=N–C) groups is 1. The second kappa shape index (κ2) is 4.98. The number of benzene rings is 1. The highest BCUT2D eigenvalue weighted by atomic mass is 16.5. The van der Waals surface area contributed by atoms with Gasteiger partial charge >= 0.3 is 0 Å². The van der Waals surface area contributed by atoms with Crippen LogP contribution in [0.25, 0.3) is 0 Å². The van der Waals surface area contributed by atoms with Crippen molar-refractivity contribution in [2.75, 3.05) is 32.8 Å². The molecule has 90 valence electrons. The van der Waals surface area contributed by atoms with Crippen molar-refractivity contribution in [2.24, 2.45) is 4.99 Å². The molecule has 0 unspecified atom stereocenters. The van der Waals surface area contributed by atoms with E-state index in [1.807, 2.05) is 6.21 Å². The average Bonchev–Trinajstić information content (AvgIpc) is 2.40. The number of hydrogen-bond donors (Lipinski definition) is 0. The van der Waals surface area contributed by atoms with E-state index in [1.54, 1.807) is 0 Å². The second-order valence-electron chi connectivity index (χ2n) is 4.75. The highest BCUT2D eigenvalue weighted by molar-refractivity contribution is 5.83. The number of hydrogen-bond acceptors (Lipinski definition) is 3. The minimum Gasteiger partial charge on any atom is -0.379 e. The molecule has 17 heavy (non-hydrogen) atoms. The Morgan fingerprint density at radius 1 is 1.24 bits per heavy atom. The Balaban J connectivity index is 1.64. The molecule has 1 aromatic carbocycles. The summed E-state index contributed by atoms with van der Waals surface area (Å²) in [6.45, 7) is 4.90. The van der Waals surface area contributed by atoms with E-state index >= 15 is 0 Å². The summed E-state index contributed by atoms with van der Waals surface area (Å²) in [4.78, 5) is 7.12. The van der Waals surface area contributed by atoms with Gasteiger partial charge in [0.2, 0.25) is 0 Å². The summed E-state index contributed by atoms with van der Waals surface area (Å²) >= 11 is 0. The van der Waals surface area contributed by atoms with Crippen LogP contribution >= 0.6 is 0 Å². The van der Waals surface area contributed by atoms with Gasteiger partial charge in [0, 0.05) is 25.8 Å². The molecule has 3 rings (SSSR count). The normalized spacial score (nSPS) is 24.6. The van der Waals surface area contributed by atoms with Gasteiger partial charge in [-0.2, -0.15) is 0 Å². The first-order valence-electron chi connectivity index (χ1n) is 6.33. The monoisotopic (exact) mass is 230 g/mol. The van der Waals surface area contributed by atoms with Crippen molar-refractivity contribution in [1.29, 1.82) is 0 Å². The van der Waals surface area contributed by atoms with Crippen LogP contribution in [0.1, 0.15) is 11.1 Å². The average molecular weight is 230 g/mol. The first kappa shape index (κ1) is 10.9. The SMILES string of the molecule is C1=N[C@H](CN2CCOCC2)Cc2ccccc21. The summed E-state index contributed by atoms with van der Waals surface area (Å²) in [7, 11) is 0. The zero-order valence-corrected chi connectivity index (χ0v) is 10.0. The van der Waals surface area contributed by atoms with Crippen molar-refractivity contribution < 1.29 is 4.74 Å². The molecule has 1 saturated heterocycles. The quantitative estimate of drug-likeness (QED) is 0.766. The number of rotatable bonds is 2. The van der Waals surface area contributed by atoms with Gasteiger partial charge in [-0.05, 0) is 17.5 Å². The molecule has 0 N–H and O–H groups in total. The maximum absolute atomic E-state index is 5.37. The van der Waals surface area contributed by atoms with Gasteiger partial charge < -0.3 is 4.74 Å². The Labute approximate surface area is 102 Å². The summed E-state index contributed by atoms with van der Waals surface area (Å²) in [6.07, 6.45) is 3.11. The van der Waals surface area contributed by atoms with E-state index in [2.05, 4.69) is 34.2 Å². The van der Waals surface area contributed by atoms with Crippen LogP contribution in [-0.4, -0.2) is 50.0 Å². The van der Waals surface area contributed by atoms with Crippen LogP contribution < -0.4 is 0 Å². The molecule has 2 aliphatic rings. The van der Waals surface area contributed by atoms with Gasteiger partial charge in [-0.3, -0.25) is 9.89 Å². The molecule has 1 aromatic rings. The molecule has 2 aliphatic heterocycles. The molecule has 1 fully saturated rings. The summed E-state index contributed by atoms with van der Waals surface area (Å²) in [5, 5.41) is 0. The van der Waals surface area contributed by atoms with Gasteiger partial charge in [-0.15, -0.1) is 0 Å². The molecule has 0 amide bonds. The zero-order valence-electron chi connectivity index (χ0n) is 10.0. The fraction of sp³-hybridized carbons (Fsp3) is 0.500. The Morgan fingerprint density at radius 2 is 2.06 bits per heavy atom. The summed E-state index contributed by atoms with van der Waals surface area (Å²) < 4.78 is 5.37. The van der Waals surface area contributed by atoms with Crippen LogP contribution in [0.4, 0.5) is 0 Å². The molecule has 0 aromatic heterocycles. The molecule has 0 bridgehead atoms. The van der Waals surface area contributed by atoms with Crippen molar-refractivity contribution in [2.45, 2.75) is 12.5 Å². The van der Waals surface area contributed by atoms with Crippen LogP contribution in [0.2, 0.25) is 0 Å². The lowest BCUT2D eigenvalue weighted by molar-refractivity contribution is 0.0354. The number of ether oxygens (including phenoxy) is 1. The fourth-order valence-corrected chi connectivity index (χ4v) is 2.53. The third kappa shape index (κ3) is 2.56.